The molecule has 4 rings (SSSR count). The molecule has 2 fully saturated rings. The van der Waals surface area contributed by atoms with E-state index in [2.05, 4.69) is 59.7 Å². The number of ether oxygens (including phenoxy) is 1. The maximum Gasteiger partial charge on any atom is 0.179 e. The minimum atomic E-state index is -0.0707. The van der Waals surface area contributed by atoms with Gasteiger partial charge in [0, 0.05) is 24.9 Å². The Kier molecular flexibility index (Phi) is 3.47. The van der Waals surface area contributed by atoms with Gasteiger partial charge in [0.25, 0.3) is 0 Å². The number of benzene rings is 2. The Hall–Kier alpha value is -1.68. The Morgan fingerprint density at radius 3 is 2.43 bits per heavy atom. The van der Waals surface area contributed by atoms with Crippen LogP contribution in [-0.2, 0) is 16.1 Å². The summed E-state index contributed by atoms with van der Waals surface area (Å²) >= 11 is 0. The first-order valence-corrected chi connectivity index (χ1v) is 7.54. The summed E-state index contributed by atoms with van der Waals surface area (Å²) in [5.74, 6) is 0.383. The van der Waals surface area contributed by atoms with Gasteiger partial charge in [0.1, 0.15) is 0 Å². The quantitative estimate of drug-likeness (QED) is 0.861. The summed E-state index contributed by atoms with van der Waals surface area (Å²) in [5, 5.41) is 2.12. The molecule has 21 heavy (non-hydrogen) atoms. The largest absolute Gasteiger partial charge is 0.350 e. The van der Waals surface area contributed by atoms with Crippen molar-refractivity contribution >= 4 is 0 Å². The van der Waals surface area contributed by atoms with Crippen molar-refractivity contribution in [3.63, 3.8) is 0 Å². The summed E-state index contributed by atoms with van der Waals surface area (Å²) in [6.45, 7) is 1.55. The molecule has 0 N–H and O–H groups in total. The van der Waals surface area contributed by atoms with E-state index in [4.69, 9.17) is 9.57 Å². The van der Waals surface area contributed by atoms with Gasteiger partial charge in [-0.1, -0.05) is 60.7 Å². The number of hydroxylamine groups is 2. The molecule has 3 heteroatoms. The molecule has 0 unspecified atom stereocenters. The minimum Gasteiger partial charge on any atom is -0.350 e. The van der Waals surface area contributed by atoms with Gasteiger partial charge in [0.15, 0.2) is 6.29 Å². The molecular weight excluding hydrogens is 262 g/mol. The van der Waals surface area contributed by atoms with Crippen LogP contribution >= 0.6 is 0 Å². The lowest BCUT2D eigenvalue weighted by Crippen LogP contribution is -2.35. The predicted octanol–water partition coefficient (Wildman–Crippen LogP) is 3.33. The van der Waals surface area contributed by atoms with Crippen molar-refractivity contribution in [2.75, 3.05) is 6.61 Å². The summed E-state index contributed by atoms with van der Waals surface area (Å²) in [6, 6.07) is 21.5. The molecule has 108 valence electrons. The first-order chi connectivity index (χ1) is 10.4. The van der Waals surface area contributed by atoms with E-state index < -0.39 is 0 Å². The molecule has 2 aliphatic heterocycles. The van der Waals surface area contributed by atoms with Crippen LogP contribution in [0.25, 0.3) is 0 Å². The second-order valence-electron chi connectivity index (χ2n) is 5.75. The molecule has 2 saturated heterocycles. The van der Waals surface area contributed by atoms with Crippen molar-refractivity contribution in [1.29, 1.82) is 0 Å². The van der Waals surface area contributed by atoms with E-state index in [9.17, 15) is 0 Å². The molecular formula is C18H19NO2. The van der Waals surface area contributed by atoms with Crippen LogP contribution in [0.4, 0.5) is 0 Å². The maximum atomic E-state index is 5.95. The average Bonchev–Trinajstić information content (AvgIpc) is 2.85. The van der Waals surface area contributed by atoms with Crippen LogP contribution in [0, 0.1) is 0 Å². The third-order valence-corrected chi connectivity index (χ3v) is 4.39. The van der Waals surface area contributed by atoms with Gasteiger partial charge < -0.3 is 4.74 Å². The summed E-state index contributed by atoms with van der Waals surface area (Å²) in [7, 11) is 0. The van der Waals surface area contributed by atoms with E-state index in [1.165, 1.54) is 11.1 Å². The number of nitrogens with zero attached hydrogens (tertiary/aromatic N) is 1. The van der Waals surface area contributed by atoms with Gasteiger partial charge in [-0.05, 0) is 11.1 Å². The highest BCUT2D eigenvalue weighted by Crippen LogP contribution is 2.38. The third-order valence-electron chi connectivity index (χ3n) is 4.39. The standard InChI is InChI=1S/C18H19NO2/c1-3-7-14(8-4-1)12-19-17-11-18(21-19)20-13-16(17)15-9-5-2-6-10-15/h1-10,16-18H,11-13H2/t16-,17-,18+/m0/s1. The molecule has 0 aliphatic carbocycles. The lowest BCUT2D eigenvalue weighted by atomic mass is 9.88. The van der Waals surface area contributed by atoms with Crippen molar-refractivity contribution in [3.05, 3.63) is 71.8 Å². The van der Waals surface area contributed by atoms with Gasteiger partial charge >= 0.3 is 0 Å². The smallest absolute Gasteiger partial charge is 0.179 e. The van der Waals surface area contributed by atoms with E-state index in [1.54, 1.807) is 0 Å². The molecule has 0 saturated carbocycles. The lowest BCUT2D eigenvalue weighted by molar-refractivity contribution is -0.228. The second-order valence-corrected chi connectivity index (χ2v) is 5.75. The van der Waals surface area contributed by atoms with E-state index in [-0.39, 0.29) is 6.29 Å². The first-order valence-electron chi connectivity index (χ1n) is 7.54. The fourth-order valence-corrected chi connectivity index (χ4v) is 3.31. The molecule has 3 nitrogen and oxygen atoms in total. The van der Waals surface area contributed by atoms with Crippen molar-refractivity contribution in [2.45, 2.75) is 31.2 Å². The molecule has 2 aromatic rings. The van der Waals surface area contributed by atoms with Gasteiger partial charge in [-0.2, -0.15) is 5.06 Å². The second kappa shape index (κ2) is 5.60. The highest BCUT2D eigenvalue weighted by molar-refractivity contribution is 5.23. The topological polar surface area (TPSA) is 21.7 Å². The van der Waals surface area contributed by atoms with Crippen molar-refractivity contribution in [2.24, 2.45) is 0 Å². The van der Waals surface area contributed by atoms with E-state index >= 15 is 0 Å². The number of fused-ring (bicyclic) bond motifs is 2. The number of hydrogen-bond donors (Lipinski definition) is 0. The Morgan fingerprint density at radius 1 is 0.952 bits per heavy atom. The van der Waals surface area contributed by atoms with Crippen molar-refractivity contribution in [3.8, 4) is 0 Å². The monoisotopic (exact) mass is 281 g/mol. The van der Waals surface area contributed by atoms with Crippen LogP contribution in [0.15, 0.2) is 60.7 Å². The predicted molar refractivity (Wildman–Crippen MR) is 80.4 cm³/mol. The van der Waals surface area contributed by atoms with Crippen LogP contribution in [-0.4, -0.2) is 24.0 Å². The highest BCUT2D eigenvalue weighted by Gasteiger charge is 2.43. The van der Waals surface area contributed by atoms with E-state index in [0.29, 0.717) is 12.0 Å². The van der Waals surface area contributed by atoms with Crippen LogP contribution in [0.3, 0.4) is 0 Å². The van der Waals surface area contributed by atoms with Gasteiger partial charge in [-0.3, -0.25) is 4.84 Å². The van der Waals surface area contributed by atoms with E-state index in [0.717, 1.165) is 19.6 Å². The normalized spacial score (nSPS) is 28.7. The van der Waals surface area contributed by atoms with Gasteiger partial charge in [0.05, 0.1) is 6.61 Å². The molecule has 0 spiro atoms. The Bertz CT molecular complexity index is 585. The van der Waals surface area contributed by atoms with E-state index in [1.807, 2.05) is 6.07 Å². The minimum absolute atomic E-state index is 0.0707. The fourth-order valence-electron chi connectivity index (χ4n) is 3.31. The molecule has 2 bridgehead atoms. The third kappa shape index (κ3) is 2.60. The van der Waals surface area contributed by atoms with Crippen LogP contribution in [0.5, 0.6) is 0 Å². The molecule has 0 amide bonds. The van der Waals surface area contributed by atoms with Crippen molar-refractivity contribution in [1.82, 2.24) is 5.06 Å². The number of rotatable bonds is 3. The van der Waals surface area contributed by atoms with Crippen molar-refractivity contribution < 1.29 is 9.57 Å². The highest BCUT2D eigenvalue weighted by atomic mass is 16.8. The van der Waals surface area contributed by atoms with Gasteiger partial charge in [0.2, 0.25) is 0 Å². The molecule has 0 aromatic heterocycles. The Morgan fingerprint density at radius 2 is 1.67 bits per heavy atom. The Labute approximate surface area is 125 Å². The average molecular weight is 281 g/mol. The van der Waals surface area contributed by atoms with Crippen LogP contribution in [0.1, 0.15) is 23.5 Å². The van der Waals surface area contributed by atoms with Gasteiger partial charge in [-0.15, -0.1) is 0 Å². The zero-order valence-electron chi connectivity index (χ0n) is 11.9. The molecule has 2 heterocycles. The maximum absolute atomic E-state index is 5.95. The molecule has 0 radical (unpaired) electrons. The zero-order chi connectivity index (χ0) is 14.1. The zero-order valence-corrected chi connectivity index (χ0v) is 11.9. The Balaban J connectivity index is 1.56. The molecule has 2 aromatic carbocycles. The van der Waals surface area contributed by atoms with Gasteiger partial charge in [-0.25, -0.2) is 0 Å². The van der Waals surface area contributed by atoms with Crippen LogP contribution < -0.4 is 0 Å². The summed E-state index contributed by atoms with van der Waals surface area (Å²) in [5.41, 5.74) is 2.61. The SMILES string of the molecule is c1ccc(CN2O[C@@H]3C[C@H]2[C@H](c2ccccc2)CO3)cc1. The number of hydrogen-bond acceptors (Lipinski definition) is 3. The summed E-state index contributed by atoms with van der Waals surface area (Å²) in [6.07, 6.45) is 0.880. The molecule has 2 aliphatic rings. The summed E-state index contributed by atoms with van der Waals surface area (Å²) in [4.78, 5) is 5.95. The fraction of sp³-hybridized carbons (Fsp3) is 0.333. The summed E-state index contributed by atoms with van der Waals surface area (Å²) < 4.78 is 5.84. The lowest BCUT2D eigenvalue weighted by Gasteiger charge is -2.30. The first kappa shape index (κ1) is 13.0. The van der Waals surface area contributed by atoms with Crippen LogP contribution in [0.2, 0.25) is 0 Å². The molecule has 3 atom stereocenters.